The van der Waals surface area contributed by atoms with Gasteiger partial charge < -0.3 is 4.55 Å². The second-order valence-corrected chi connectivity index (χ2v) is 9.48. The number of fused-ring (bicyclic) bond motifs is 2. The van der Waals surface area contributed by atoms with Gasteiger partial charge in [0.15, 0.2) is 0 Å². The number of unbranched alkanes of at least 4 members (excludes halogenated alkanes) is 1. The Morgan fingerprint density at radius 2 is 2.04 bits per heavy atom. The average Bonchev–Trinajstić information content (AvgIpc) is 3.13. The van der Waals surface area contributed by atoms with E-state index >= 15 is 0 Å². The molecule has 144 valence electrons. The van der Waals surface area contributed by atoms with Gasteiger partial charge in [-0.1, -0.05) is 34.1 Å². The Morgan fingerprint density at radius 1 is 1.36 bits per heavy atom. The largest absolute Gasteiger partial charge is 0.726 e. The molecule has 3 rings (SSSR count). The van der Waals surface area contributed by atoms with Crippen LogP contribution in [0.4, 0.5) is 0 Å². The van der Waals surface area contributed by atoms with Crippen molar-refractivity contribution >= 4 is 10.4 Å². The van der Waals surface area contributed by atoms with Crippen LogP contribution in [0.25, 0.3) is 0 Å². The van der Waals surface area contributed by atoms with Crippen LogP contribution >= 0.6 is 0 Å². The SMILES string of the molecule is CC1(C)[C@H]2CC[C@](C)(C2)[C@H]1OS(=O)(=O)[O-].CCCCn1cc[n+](C)c1. The van der Waals surface area contributed by atoms with E-state index in [0.29, 0.717) is 5.92 Å². The average molecular weight is 373 g/mol. The van der Waals surface area contributed by atoms with Crippen LogP contribution in [0.1, 0.15) is 59.8 Å². The van der Waals surface area contributed by atoms with E-state index in [9.17, 15) is 13.0 Å². The highest BCUT2D eigenvalue weighted by molar-refractivity contribution is 7.80. The van der Waals surface area contributed by atoms with Crippen LogP contribution in [0.2, 0.25) is 0 Å². The number of nitrogens with zero attached hydrogens (tertiary/aromatic N) is 2. The molecular weight excluding hydrogens is 340 g/mol. The third-order valence-electron chi connectivity index (χ3n) is 5.95. The van der Waals surface area contributed by atoms with Crippen LogP contribution < -0.4 is 4.57 Å². The second kappa shape index (κ2) is 7.37. The second-order valence-electron chi connectivity index (χ2n) is 8.47. The van der Waals surface area contributed by atoms with Gasteiger partial charge in [0.2, 0.25) is 16.7 Å². The van der Waals surface area contributed by atoms with E-state index in [2.05, 4.69) is 34.8 Å². The van der Waals surface area contributed by atoms with Crippen LogP contribution in [0.15, 0.2) is 18.7 Å². The molecule has 2 fully saturated rings. The van der Waals surface area contributed by atoms with Gasteiger partial charge in [-0.05, 0) is 42.4 Å². The molecule has 2 bridgehead atoms. The molecule has 0 unspecified atom stereocenters. The third-order valence-corrected chi connectivity index (χ3v) is 6.37. The summed E-state index contributed by atoms with van der Waals surface area (Å²) in [5.41, 5.74) is -0.337. The summed E-state index contributed by atoms with van der Waals surface area (Å²) >= 11 is 0. The van der Waals surface area contributed by atoms with Gasteiger partial charge in [-0.25, -0.2) is 17.6 Å². The molecule has 6 nitrogen and oxygen atoms in total. The lowest BCUT2D eigenvalue weighted by Crippen LogP contribution is -2.43. The summed E-state index contributed by atoms with van der Waals surface area (Å²) in [5.74, 6) is 0.481. The van der Waals surface area contributed by atoms with Crippen molar-refractivity contribution in [2.24, 2.45) is 23.8 Å². The normalized spacial score (nSPS) is 30.2. The van der Waals surface area contributed by atoms with Crippen LogP contribution in [-0.4, -0.2) is 23.6 Å². The number of imidazole rings is 1. The lowest BCUT2D eigenvalue weighted by molar-refractivity contribution is -0.671. The summed E-state index contributed by atoms with van der Waals surface area (Å²) < 4.78 is 41.2. The smallest absolute Gasteiger partial charge is 0.243 e. The first-order valence-corrected chi connectivity index (χ1v) is 10.5. The van der Waals surface area contributed by atoms with Crippen molar-refractivity contribution in [3.63, 3.8) is 0 Å². The highest BCUT2D eigenvalue weighted by atomic mass is 32.3. The van der Waals surface area contributed by atoms with Gasteiger partial charge in [-0.15, -0.1) is 0 Å². The molecule has 0 aliphatic heterocycles. The molecule has 2 aliphatic carbocycles. The molecule has 3 atom stereocenters. The summed E-state index contributed by atoms with van der Waals surface area (Å²) in [4.78, 5) is 0. The van der Waals surface area contributed by atoms with Crippen molar-refractivity contribution < 1.29 is 21.7 Å². The van der Waals surface area contributed by atoms with Crippen molar-refractivity contribution in [2.45, 2.75) is 72.4 Å². The van der Waals surface area contributed by atoms with E-state index in [1.54, 1.807) is 0 Å². The molecule has 2 aliphatic rings. The molecule has 1 heterocycles. The molecule has 0 amide bonds. The molecule has 25 heavy (non-hydrogen) atoms. The Balaban J connectivity index is 0.000000196. The Hall–Kier alpha value is -0.920. The summed E-state index contributed by atoms with van der Waals surface area (Å²) in [6.45, 7) is 9.38. The Kier molecular flexibility index (Phi) is 6.01. The first kappa shape index (κ1) is 20.4. The summed E-state index contributed by atoms with van der Waals surface area (Å²) in [6.07, 6.45) is 11.4. The highest BCUT2D eigenvalue weighted by Gasteiger charge is 2.60. The van der Waals surface area contributed by atoms with Crippen molar-refractivity contribution in [2.75, 3.05) is 0 Å². The van der Waals surface area contributed by atoms with Gasteiger partial charge in [0.05, 0.1) is 19.7 Å². The lowest BCUT2D eigenvalue weighted by Gasteiger charge is -2.42. The fourth-order valence-electron chi connectivity index (χ4n) is 4.59. The molecule has 1 aromatic heterocycles. The van der Waals surface area contributed by atoms with Gasteiger partial charge >= 0.3 is 0 Å². The predicted octanol–water partition coefficient (Wildman–Crippen LogP) is 2.79. The minimum atomic E-state index is -4.59. The van der Waals surface area contributed by atoms with Gasteiger partial charge in [-0.3, -0.25) is 4.18 Å². The molecule has 0 N–H and O–H groups in total. The number of aryl methyl sites for hydroxylation is 2. The molecule has 1 aromatic rings. The lowest BCUT2D eigenvalue weighted by atomic mass is 9.70. The number of hydrogen-bond donors (Lipinski definition) is 0. The maximum atomic E-state index is 10.7. The molecular formula is C18H32N2O4S. The number of rotatable bonds is 5. The fraction of sp³-hybridized carbons (Fsp3) is 0.833. The van der Waals surface area contributed by atoms with E-state index in [4.69, 9.17) is 4.18 Å². The zero-order valence-corrected chi connectivity index (χ0v) is 16.9. The number of hydrogen-bond acceptors (Lipinski definition) is 4. The quantitative estimate of drug-likeness (QED) is 0.452. The van der Waals surface area contributed by atoms with Crippen LogP contribution in [-0.2, 0) is 28.2 Å². The van der Waals surface area contributed by atoms with Crippen molar-refractivity contribution in [3.8, 4) is 0 Å². The van der Waals surface area contributed by atoms with E-state index in [-0.39, 0.29) is 10.8 Å². The number of aromatic nitrogens is 2. The molecule has 0 radical (unpaired) electrons. The molecule has 2 saturated carbocycles. The maximum absolute atomic E-state index is 10.7. The summed E-state index contributed by atoms with van der Waals surface area (Å²) in [6, 6.07) is 0. The third kappa shape index (κ3) is 4.83. The maximum Gasteiger partial charge on any atom is 0.243 e. The first-order chi connectivity index (χ1) is 11.5. The van der Waals surface area contributed by atoms with Gasteiger partial charge in [-0.2, -0.15) is 0 Å². The van der Waals surface area contributed by atoms with E-state index in [1.165, 1.54) is 12.8 Å². The van der Waals surface area contributed by atoms with E-state index in [1.807, 2.05) is 27.8 Å². The van der Waals surface area contributed by atoms with Gasteiger partial charge in [0, 0.05) is 0 Å². The van der Waals surface area contributed by atoms with Gasteiger partial charge in [0.25, 0.3) is 0 Å². The topological polar surface area (TPSA) is 75.2 Å². The van der Waals surface area contributed by atoms with Crippen LogP contribution in [0, 0.1) is 16.7 Å². The Bertz CT molecular complexity index is 678. The minimum absolute atomic E-state index is 0.133. The van der Waals surface area contributed by atoms with Gasteiger partial charge in [0.1, 0.15) is 12.4 Å². The molecule has 7 heteroatoms. The molecule has 0 spiro atoms. The predicted molar refractivity (Wildman–Crippen MR) is 94.3 cm³/mol. The first-order valence-electron chi connectivity index (χ1n) is 9.13. The highest BCUT2D eigenvalue weighted by Crippen LogP contribution is 2.63. The summed E-state index contributed by atoms with van der Waals surface area (Å²) in [7, 11) is -2.55. The monoisotopic (exact) mass is 372 g/mol. The van der Waals surface area contributed by atoms with E-state index < -0.39 is 16.5 Å². The standard InChI is InChI=1S/C10H18O4S.C8H15N2/c1-9(2)7-4-5-10(3,6-7)8(9)14-15(11,12)13;1-3-4-5-10-7-6-9(2)8-10/h7-8H,4-6H2,1-3H3,(H,11,12,13);6-8H,3-5H2,1-2H3/q;+1/p-1/t7-,8-,10+;/m0./s1. The zero-order chi connectivity index (χ0) is 18.9. The van der Waals surface area contributed by atoms with Crippen molar-refractivity contribution in [1.29, 1.82) is 0 Å². The van der Waals surface area contributed by atoms with Crippen LogP contribution in [0.5, 0.6) is 0 Å². The molecule has 0 saturated heterocycles. The minimum Gasteiger partial charge on any atom is -0.726 e. The van der Waals surface area contributed by atoms with Crippen LogP contribution in [0.3, 0.4) is 0 Å². The summed E-state index contributed by atoms with van der Waals surface area (Å²) in [5, 5.41) is 0. The Labute approximate surface area is 152 Å². The van der Waals surface area contributed by atoms with E-state index in [0.717, 1.165) is 25.8 Å². The fourth-order valence-corrected chi connectivity index (χ4v) is 5.31. The molecule has 0 aromatic carbocycles. The van der Waals surface area contributed by atoms with Crippen molar-refractivity contribution in [3.05, 3.63) is 18.7 Å². The Morgan fingerprint density at radius 3 is 2.48 bits per heavy atom. The van der Waals surface area contributed by atoms with Crippen molar-refractivity contribution in [1.82, 2.24) is 4.57 Å². The zero-order valence-electron chi connectivity index (χ0n) is 16.1.